The minimum Gasteiger partial charge on any atom is -0.378 e. The molecule has 0 spiro atoms. The second-order valence-electron chi connectivity index (χ2n) is 5.55. The van der Waals surface area contributed by atoms with E-state index >= 15 is 0 Å². The number of amides is 1. The van der Waals surface area contributed by atoms with Crippen molar-refractivity contribution in [2.45, 2.75) is 6.92 Å². The van der Waals surface area contributed by atoms with Crippen LogP contribution in [0.2, 0.25) is 0 Å². The van der Waals surface area contributed by atoms with Gasteiger partial charge < -0.3 is 10.2 Å². The van der Waals surface area contributed by atoms with Crippen molar-refractivity contribution in [2.24, 2.45) is 10.2 Å². The Kier molecular flexibility index (Phi) is 5.60. The molecule has 2 rings (SSSR count). The first-order chi connectivity index (χ1) is 12.3. The number of carbonyl (C=O) groups is 1. The monoisotopic (exact) mass is 352 g/mol. The molecule has 0 aliphatic carbocycles. The van der Waals surface area contributed by atoms with Crippen LogP contribution in [0.25, 0.3) is 0 Å². The van der Waals surface area contributed by atoms with Gasteiger partial charge in [0.25, 0.3) is 5.69 Å². The van der Waals surface area contributed by atoms with Crippen molar-refractivity contribution < 1.29 is 9.72 Å². The molecule has 26 heavy (non-hydrogen) atoms. The molecule has 2 aromatic carbocycles. The Balaban J connectivity index is 2.42. The molecule has 0 radical (unpaired) electrons. The summed E-state index contributed by atoms with van der Waals surface area (Å²) in [6.07, 6.45) is 0. The topological polar surface area (TPSA) is 124 Å². The summed E-state index contributed by atoms with van der Waals surface area (Å²) in [6.45, 7) is 1.38. The van der Waals surface area contributed by atoms with E-state index in [0.717, 1.165) is 11.8 Å². The molecule has 0 aromatic heterocycles. The van der Waals surface area contributed by atoms with Gasteiger partial charge in [-0.25, -0.2) is 0 Å². The smallest absolute Gasteiger partial charge is 0.270 e. The molecule has 132 valence electrons. The van der Waals surface area contributed by atoms with Crippen molar-refractivity contribution in [1.29, 1.82) is 5.26 Å². The number of rotatable bonds is 5. The number of benzene rings is 2. The summed E-state index contributed by atoms with van der Waals surface area (Å²) in [5.74, 6) is -0.259. The van der Waals surface area contributed by atoms with Crippen molar-refractivity contribution in [3.05, 3.63) is 52.1 Å². The Morgan fingerprint density at radius 2 is 1.85 bits per heavy atom. The number of nitriles is 1. The summed E-state index contributed by atoms with van der Waals surface area (Å²) in [6, 6.07) is 10.8. The fourth-order valence-electron chi connectivity index (χ4n) is 2.10. The van der Waals surface area contributed by atoms with Crippen LogP contribution in [0.3, 0.4) is 0 Å². The maximum absolute atomic E-state index is 11.4. The molecule has 0 aliphatic rings. The number of nitro benzene ring substituents is 1. The predicted molar refractivity (Wildman–Crippen MR) is 97.1 cm³/mol. The van der Waals surface area contributed by atoms with Crippen molar-refractivity contribution in [1.82, 2.24) is 0 Å². The summed E-state index contributed by atoms with van der Waals surface area (Å²) >= 11 is 0. The van der Waals surface area contributed by atoms with Crippen LogP contribution in [0.4, 0.5) is 28.4 Å². The fraction of sp³-hybridized carbons (Fsp3) is 0.176. The first-order valence-corrected chi connectivity index (χ1v) is 7.51. The van der Waals surface area contributed by atoms with Crippen molar-refractivity contribution >= 4 is 34.3 Å². The molecule has 9 heteroatoms. The van der Waals surface area contributed by atoms with E-state index in [4.69, 9.17) is 5.26 Å². The Hall–Kier alpha value is -3.80. The van der Waals surface area contributed by atoms with E-state index in [2.05, 4.69) is 15.5 Å². The predicted octanol–water partition coefficient (Wildman–Crippen LogP) is 3.91. The van der Waals surface area contributed by atoms with Crippen LogP contribution in [-0.4, -0.2) is 24.9 Å². The van der Waals surface area contributed by atoms with Crippen LogP contribution in [0.15, 0.2) is 46.6 Å². The van der Waals surface area contributed by atoms with Gasteiger partial charge in [-0.05, 0) is 24.3 Å². The molecule has 1 N–H and O–H groups in total. The highest BCUT2D eigenvalue weighted by Gasteiger charge is 2.11. The highest BCUT2D eigenvalue weighted by molar-refractivity contribution is 5.92. The van der Waals surface area contributed by atoms with E-state index in [0.29, 0.717) is 11.4 Å². The van der Waals surface area contributed by atoms with Gasteiger partial charge in [-0.1, -0.05) is 0 Å². The number of anilines is 2. The van der Waals surface area contributed by atoms with Gasteiger partial charge in [-0.2, -0.15) is 5.26 Å². The number of hydrogen-bond acceptors (Lipinski definition) is 7. The van der Waals surface area contributed by atoms with Gasteiger partial charge in [-0.15, -0.1) is 10.2 Å². The Labute approximate surface area is 149 Å². The minimum atomic E-state index is -0.587. The van der Waals surface area contributed by atoms with Gasteiger partial charge in [0.2, 0.25) is 5.91 Å². The van der Waals surface area contributed by atoms with E-state index in [9.17, 15) is 14.9 Å². The third-order valence-electron chi connectivity index (χ3n) is 3.38. The summed E-state index contributed by atoms with van der Waals surface area (Å²) in [7, 11) is 3.73. The number of nitro groups is 1. The Morgan fingerprint density at radius 3 is 2.42 bits per heavy atom. The highest BCUT2D eigenvalue weighted by Crippen LogP contribution is 2.32. The van der Waals surface area contributed by atoms with E-state index in [1.165, 1.54) is 19.1 Å². The second kappa shape index (κ2) is 7.85. The summed E-state index contributed by atoms with van der Waals surface area (Å²) < 4.78 is 0. The third kappa shape index (κ3) is 4.39. The number of nitrogens with zero attached hydrogens (tertiary/aromatic N) is 5. The van der Waals surface area contributed by atoms with E-state index < -0.39 is 4.92 Å². The molecule has 2 aromatic rings. The molecule has 1 amide bonds. The summed E-state index contributed by atoms with van der Waals surface area (Å²) in [4.78, 5) is 23.5. The van der Waals surface area contributed by atoms with Crippen LogP contribution < -0.4 is 10.2 Å². The molecule has 0 bridgehead atoms. The molecule has 0 saturated carbocycles. The van der Waals surface area contributed by atoms with Gasteiger partial charge in [0, 0.05) is 38.8 Å². The zero-order valence-electron chi connectivity index (χ0n) is 14.4. The van der Waals surface area contributed by atoms with E-state index in [-0.39, 0.29) is 22.8 Å². The lowest BCUT2D eigenvalue weighted by Crippen LogP contribution is -2.10. The number of azo groups is 1. The van der Waals surface area contributed by atoms with Crippen LogP contribution >= 0.6 is 0 Å². The van der Waals surface area contributed by atoms with Crippen molar-refractivity contribution in [2.75, 3.05) is 24.3 Å². The van der Waals surface area contributed by atoms with E-state index in [1.54, 1.807) is 18.2 Å². The molecule has 9 nitrogen and oxygen atoms in total. The SMILES string of the molecule is CC(=O)Nc1cc(N(C)C)ccc1N=Nc1ccc([N+](=O)[O-])cc1C#N. The van der Waals surface area contributed by atoms with Gasteiger partial charge >= 0.3 is 0 Å². The third-order valence-corrected chi connectivity index (χ3v) is 3.38. The molecular formula is C17H16N6O3. The lowest BCUT2D eigenvalue weighted by molar-refractivity contribution is -0.384. The fourth-order valence-corrected chi connectivity index (χ4v) is 2.10. The number of carbonyl (C=O) groups excluding carboxylic acids is 1. The van der Waals surface area contributed by atoms with Gasteiger partial charge in [-0.3, -0.25) is 14.9 Å². The molecule has 0 aliphatic heterocycles. The normalized spacial score (nSPS) is 10.4. The summed E-state index contributed by atoms with van der Waals surface area (Å²) in [5, 5.41) is 30.7. The highest BCUT2D eigenvalue weighted by atomic mass is 16.6. The summed E-state index contributed by atoms with van der Waals surface area (Å²) in [5.41, 5.74) is 1.76. The van der Waals surface area contributed by atoms with Gasteiger partial charge in [0.1, 0.15) is 17.4 Å². The van der Waals surface area contributed by atoms with Crippen LogP contribution in [0.5, 0.6) is 0 Å². The maximum atomic E-state index is 11.4. The molecule has 0 fully saturated rings. The zero-order chi connectivity index (χ0) is 19.3. The minimum absolute atomic E-state index is 0.0361. The van der Waals surface area contributed by atoms with Crippen LogP contribution in [0.1, 0.15) is 12.5 Å². The molecule has 0 atom stereocenters. The largest absolute Gasteiger partial charge is 0.378 e. The maximum Gasteiger partial charge on any atom is 0.270 e. The van der Waals surface area contributed by atoms with Gasteiger partial charge in [0.15, 0.2) is 0 Å². The number of hydrogen-bond donors (Lipinski definition) is 1. The average Bonchev–Trinajstić information content (AvgIpc) is 2.59. The Morgan fingerprint density at radius 1 is 1.19 bits per heavy atom. The number of non-ortho nitro benzene ring substituents is 1. The molecule has 0 heterocycles. The van der Waals surface area contributed by atoms with E-state index in [1.807, 2.05) is 25.1 Å². The standard InChI is InChI=1S/C17H16N6O3/c1-11(24)19-17-9-13(22(2)3)4-7-16(17)21-20-15-6-5-14(23(25)26)8-12(15)10-18/h4-9H,1-3H3,(H,19,24). The number of nitrogens with one attached hydrogen (secondary N) is 1. The molecule has 0 saturated heterocycles. The van der Waals surface area contributed by atoms with Crippen molar-refractivity contribution in [3.63, 3.8) is 0 Å². The first kappa shape index (κ1) is 18.5. The first-order valence-electron chi connectivity index (χ1n) is 7.51. The quantitative estimate of drug-likeness (QED) is 0.496. The zero-order valence-corrected chi connectivity index (χ0v) is 14.4. The van der Waals surface area contributed by atoms with Crippen LogP contribution in [0, 0.1) is 21.4 Å². The van der Waals surface area contributed by atoms with Gasteiger partial charge in [0.05, 0.1) is 16.2 Å². The molecular weight excluding hydrogens is 336 g/mol. The average molecular weight is 352 g/mol. The lowest BCUT2D eigenvalue weighted by atomic mass is 10.2. The van der Waals surface area contributed by atoms with Crippen LogP contribution in [-0.2, 0) is 4.79 Å². The second-order valence-corrected chi connectivity index (χ2v) is 5.55. The molecule has 0 unspecified atom stereocenters. The lowest BCUT2D eigenvalue weighted by Gasteiger charge is -2.15. The Bertz CT molecular complexity index is 931. The van der Waals surface area contributed by atoms with Crippen molar-refractivity contribution in [3.8, 4) is 6.07 Å².